The molecule has 0 unspecified atom stereocenters. The molecule has 0 aliphatic carbocycles. The molecule has 0 radical (unpaired) electrons. The van der Waals surface area contributed by atoms with Crippen molar-refractivity contribution in [2.45, 2.75) is 16.8 Å². The Labute approximate surface area is 83.9 Å². The van der Waals surface area contributed by atoms with Crippen molar-refractivity contribution in [3.8, 4) is 0 Å². The highest BCUT2D eigenvalue weighted by Crippen LogP contribution is 2.36. The van der Waals surface area contributed by atoms with Gasteiger partial charge < -0.3 is 5.11 Å². The normalized spacial score (nSPS) is 11.7. The van der Waals surface area contributed by atoms with Gasteiger partial charge in [0.25, 0.3) is 0 Å². The molecule has 1 N–H and O–H groups in total. The van der Waals surface area contributed by atoms with Gasteiger partial charge in [-0.1, -0.05) is 12.1 Å². The van der Waals surface area contributed by atoms with Gasteiger partial charge in [0.15, 0.2) is 0 Å². The molecule has 78 valence electrons. The molecule has 0 atom stereocenters. The van der Waals surface area contributed by atoms with E-state index in [1.165, 1.54) is 12.1 Å². The van der Waals surface area contributed by atoms with Crippen LogP contribution in [-0.2, 0) is 6.42 Å². The number of alkyl halides is 3. The topological polar surface area (TPSA) is 20.2 Å². The zero-order valence-electron chi connectivity index (χ0n) is 7.21. The molecule has 0 spiro atoms. The second-order valence-electron chi connectivity index (χ2n) is 2.67. The molecule has 5 heteroatoms. The molecule has 0 aliphatic heterocycles. The molecular formula is C9H9F3OS. The van der Waals surface area contributed by atoms with E-state index in [1.54, 1.807) is 12.1 Å². The Balaban J connectivity index is 2.64. The average Bonchev–Trinajstić information content (AvgIpc) is 2.06. The quantitative estimate of drug-likeness (QED) is 0.793. The summed E-state index contributed by atoms with van der Waals surface area (Å²) in [5.41, 5.74) is -3.41. The summed E-state index contributed by atoms with van der Waals surface area (Å²) in [6, 6.07) is 5.99. The van der Waals surface area contributed by atoms with E-state index in [2.05, 4.69) is 0 Å². The largest absolute Gasteiger partial charge is 0.446 e. The lowest BCUT2D eigenvalue weighted by atomic mass is 10.2. The van der Waals surface area contributed by atoms with E-state index in [1.807, 2.05) is 0 Å². The molecule has 0 saturated carbocycles. The molecule has 0 amide bonds. The van der Waals surface area contributed by atoms with E-state index in [9.17, 15) is 13.2 Å². The van der Waals surface area contributed by atoms with Crippen molar-refractivity contribution in [1.29, 1.82) is 0 Å². The minimum Gasteiger partial charge on any atom is -0.396 e. The lowest BCUT2D eigenvalue weighted by Gasteiger charge is -2.05. The van der Waals surface area contributed by atoms with Crippen LogP contribution < -0.4 is 0 Å². The molecule has 1 nitrogen and oxygen atoms in total. The van der Waals surface area contributed by atoms with E-state index in [0.717, 1.165) is 5.56 Å². The highest BCUT2D eigenvalue weighted by molar-refractivity contribution is 8.00. The number of hydrogen-bond donors (Lipinski definition) is 1. The molecule has 1 rings (SSSR count). The zero-order chi connectivity index (χ0) is 10.6. The summed E-state index contributed by atoms with van der Waals surface area (Å²) in [6.07, 6.45) is 0.469. The Morgan fingerprint density at radius 1 is 1.14 bits per heavy atom. The van der Waals surface area contributed by atoms with Crippen molar-refractivity contribution < 1.29 is 18.3 Å². The Morgan fingerprint density at radius 3 is 2.14 bits per heavy atom. The Hall–Kier alpha value is -0.680. The van der Waals surface area contributed by atoms with Gasteiger partial charge in [0, 0.05) is 11.5 Å². The van der Waals surface area contributed by atoms with Gasteiger partial charge in [-0.15, -0.1) is 0 Å². The standard InChI is InChI=1S/C9H9F3OS/c10-9(11,12)14-8-3-1-7(2-4-8)5-6-13/h1-4,13H,5-6H2. The van der Waals surface area contributed by atoms with Crippen LogP contribution in [0.5, 0.6) is 0 Å². The van der Waals surface area contributed by atoms with Crippen LogP contribution in [0.15, 0.2) is 29.2 Å². The maximum atomic E-state index is 11.9. The van der Waals surface area contributed by atoms with Gasteiger partial charge in [-0.25, -0.2) is 0 Å². The van der Waals surface area contributed by atoms with Crippen LogP contribution in [0, 0.1) is 0 Å². The summed E-state index contributed by atoms with van der Waals surface area (Å²) in [7, 11) is 0. The molecule has 0 fully saturated rings. The predicted octanol–water partition coefficient (Wildman–Crippen LogP) is 2.83. The van der Waals surface area contributed by atoms with Gasteiger partial charge in [0.05, 0.1) is 0 Å². The first-order chi connectivity index (χ1) is 6.51. The number of halogens is 3. The highest BCUT2D eigenvalue weighted by atomic mass is 32.2. The van der Waals surface area contributed by atoms with E-state index in [4.69, 9.17) is 5.11 Å². The lowest BCUT2D eigenvalue weighted by molar-refractivity contribution is -0.0328. The summed E-state index contributed by atoms with van der Waals surface area (Å²) in [6.45, 7) is 0.00571. The van der Waals surface area contributed by atoms with Crippen molar-refractivity contribution in [1.82, 2.24) is 0 Å². The fourth-order valence-electron chi connectivity index (χ4n) is 0.987. The third kappa shape index (κ3) is 4.02. The van der Waals surface area contributed by atoms with Crippen LogP contribution >= 0.6 is 11.8 Å². The molecule has 0 bridgehead atoms. The van der Waals surface area contributed by atoms with Crippen molar-refractivity contribution >= 4 is 11.8 Å². The molecule has 0 aromatic heterocycles. The van der Waals surface area contributed by atoms with Crippen LogP contribution in [-0.4, -0.2) is 17.2 Å². The minimum atomic E-state index is -4.24. The Kier molecular flexibility index (Phi) is 3.83. The second-order valence-corrected chi connectivity index (χ2v) is 3.80. The third-order valence-electron chi connectivity index (χ3n) is 1.56. The van der Waals surface area contributed by atoms with Crippen molar-refractivity contribution in [3.63, 3.8) is 0 Å². The number of benzene rings is 1. The maximum Gasteiger partial charge on any atom is 0.446 e. The molecule has 14 heavy (non-hydrogen) atoms. The molecule has 1 aromatic rings. The first-order valence-corrected chi connectivity index (χ1v) is 4.78. The summed E-state index contributed by atoms with van der Waals surface area (Å²) < 4.78 is 35.7. The smallest absolute Gasteiger partial charge is 0.396 e. The van der Waals surface area contributed by atoms with E-state index >= 15 is 0 Å². The van der Waals surface area contributed by atoms with Gasteiger partial charge >= 0.3 is 5.51 Å². The summed E-state index contributed by atoms with van der Waals surface area (Å²) in [5, 5.41) is 8.59. The average molecular weight is 222 g/mol. The van der Waals surface area contributed by atoms with E-state index in [-0.39, 0.29) is 23.3 Å². The number of thioether (sulfide) groups is 1. The van der Waals surface area contributed by atoms with Crippen molar-refractivity contribution in [3.05, 3.63) is 29.8 Å². The van der Waals surface area contributed by atoms with E-state index < -0.39 is 5.51 Å². The van der Waals surface area contributed by atoms with Gasteiger partial charge in [-0.3, -0.25) is 0 Å². The Morgan fingerprint density at radius 2 is 1.71 bits per heavy atom. The first-order valence-electron chi connectivity index (χ1n) is 3.97. The van der Waals surface area contributed by atoms with Crippen LogP contribution in [0.1, 0.15) is 5.56 Å². The lowest BCUT2D eigenvalue weighted by Crippen LogP contribution is -1.99. The number of rotatable bonds is 3. The SMILES string of the molecule is OCCc1ccc(SC(F)(F)F)cc1. The monoisotopic (exact) mass is 222 g/mol. The van der Waals surface area contributed by atoms with Crippen LogP contribution in [0.3, 0.4) is 0 Å². The zero-order valence-corrected chi connectivity index (χ0v) is 8.03. The van der Waals surface area contributed by atoms with Crippen LogP contribution in [0.2, 0.25) is 0 Å². The van der Waals surface area contributed by atoms with Gasteiger partial charge in [0.2, 0.25) is 0 Å². The van der Waals surface area contributed by atoms with Crippen LogP contribution in [0.4, 0.5) is 13.2 Å². The fourth-order valence-corrected chi connectivity index (χ4v) is 1.53. The van der Waals surface area contributed by atoms with Gasteiger partial charge in [0.1, 0.15) is 0 Å². The molecule has 0 aliphatic rings. The minimum absolute atomic E-state index is 0.00571. The van der Waals surface area contributed by atoms with Crippen molar-refractivity contribution in [2.75, 3.05) is 6.61 Å². The van der Waals surface area contributed by atoms with E-state index in [0.29, 0.717) is 6.42 Å². The molecule has 0 heterocycles. The summed E-state index contributed by atoms with van der Waals surface area (Å²) >= 11 is -0.135. The molecular weight excluding hydrogens is 213 g/mol. The summed E-state index contributed by atoms with van der Waals surface area (Å²) in [4.78, 5) is 0.166. The third-order valence-corrected chi connectivity index (χ3v) is 2.30. The van der Waals surface area contributed by atoms with Crippen LogP contribution in [0.25, 0.3) is 0 Å². The first kappa shape index (κ1) is 11.4. The Bertz CT molecular complexity index is 281. The second kappa shape index (κ2) is 4.70. The molecule has 0 saturated heterocycles. The number of aliphatic hydroxyl groups is 1. The molecule has 1 aromatic carbocycles. The fraction of sp³-hybridized carbons (Fsp3) is 0.333. The number of aliphatic hydroxyl groups excluding tert-OH is 1. The number of hydrogen-bond acceptors (Lipinski definition) is 2. The van der Waals surface area contributed by atoms with Crippen molar-refractivity contribution in [2.24, 2.45) is 0 Å². The maximum absolute atomic E-state index is 11.9. The van der Waals surface area contributed by atoms with Gasteiger partial charge in [-0.05, 0) is 35.9 Å². The highest BCUT2D eigenvalue weighted by Gasteiger charge is 2.28. The summed E-state index contributed by atoms with van der Waals surface area (Å²) in [5.74, 6) is 0. The predicted molar refractivity (Wildman–Crippen MR) is 49.1 cm³/mol. The van der Waals surface area contributed by atoms with Gasteiger partial charge in [-0.2, -0.15) is 13.2 Å².